The molecule has 0 saturated heterocycles. The van der Waals surface area contributed by atoms with Gasteiger partial charge in [-0.15, -0.1) is 0 Å². The lowest BCUT2D eigenvalue weighted by Crippen LogP contribution is -2.21. The highest BCUT2D eigenvalue weighted by atomic mass is 32.2. The maximum absolute atomic E-state index is 13.3. The molecule has 0 atom stereocenters. The Hall–Kier alpha value is -3.78. The van der Waals surface area contributed by atoms with E-state index >= 15 is 0 Å². The van der Waals surface area contributed by atoms with Gasteiger partial charge in [-0.3, -0.25) is 14.3 Å². The highest BCUT2D eigenvalue weighted by molar-refractivity contribution is 7.99. The van der Waals surface area contributed by atoms with E-state index < -0.39 is 0 Å². The SMILES string of the molecule is Cc1ccc(-n2c(SCCCc3nc(-c4ccncc4)no3)nc3ccccc3c2=O)cc1. The molecule has 0 bridgehead atoms. The molecule has 0 radical (unpaired) electrons. The summed E-state index contributed by atoms with van der Waals surface area (Å²) in [5.41, 5.74) is 3.46. The van der Waals surface area contributed by atoms with Gasteiger partial charge in [0.25, 0.3) is 5.56 Å². The fraction of sp³-hybridized carbons (Fsp3) is 0.160. The van der Waals surface area contributed by atoms with Crippen LogP contribution in [0.3, 0.4) is 0 Å². The maximum Gasteiger partial charge on any atom is 0.266 e. The number of fused-ring (bicyclic) bond motifs is 1. The molecule has 33 heavy (non-hydrogen) atoms. The number of hydrogen-bond donors (Lipinski definition) is 0. The van der Waals surface area contributed by atoms with Crippen molar-refractivity contribution < 1.29 is 4.52 Å². The fourth-order valence-electron chi connectivity index (χ4n) is 3.49. The van der Waals surface area contributed by atoms with E-state index in [0.29, 0.717) is 34.2 Å². The van der Waals surface area contributed by atoms with Gasteiger partial charge in [-0.1, -0.05) is 46.7 Å². The largest absolute Gasteiger partial charge is 0.339 e. The molecular weight excluding hydrogens is 434 g/mol. The Kier molecular flexibility index (Phi) is 5.99. The molecule has 0 aliphatic heterocycles. The van der Waals surface area contributed by atoms with Crippen molar-refractivity contribution in [1.29, 1.82) is 0 Å². The minimum atomic E-state index is -0.0640. The molecular formula is C25H21N5O2S. The molecule has 0 N–H and O–H groups in total. The second-order valence-electron chi connectivity index (χ2n) is 7.59. The molecule has 164 valence electrons. The third-order valence-corrected chi connectivity index (χ3v) is 6.23. The fourth-order valence-corrected chi connectivity index (χ4v) is 4.44. The third-order valence-electron chi connectivity index (χ3n) is 5.21. The van der Waals surface area contributed by atoms with Gasteiger partial charge < -0.3 is 4.52 Å². The number of thioether (sulfide) groups is 1. The van der Waals surface area contributed by atoms with Crippen molar-refractivity contribution in [2.24, 2.45) is 0 Å². The molecule has 2 aromatic carbocycles. The highest BCUT2D eigenvalue weighted by Crippen LogP contribution is 2.23. The van der Waals surface area contributed by atoms with Gasteiger partial charge in [0.2, 0.25) is 11.7 Å². The maximum atomic E-state index is 13.3. The van der Waals surface area contributed by atoms with Crippen LogP contribution in [0.25, 0.3) is 28.0 Å². The van der Waals surface area contributed by atoms with Gasteiger partial charge in [0.1, 0.15) is 0 Å². The number of rotatable bonds is 7. The zero-order valence-electron chi connectivity index (χ0n) is 18.0. The van der Waals surface area contributed by atoms with E-state index in [2.05, 4.69) is 15.1 Å². The lowest BCUT2D eigenvalue weighted by molar-refractivity contribution is 0.378. The standard InChI is InChI=1S/C25H21N5O2S/c1-17-8-10-19(11-9-17)30-24(31)20-5-2-3-6-21(20)27-25(30)33-16-4-7-22-28-23(29-32-22)18-12-14-26-15-13-18/h2-3,5-6,8-15H,4,7,16H2,1H3. The summed E-state index contributed by atoms with van der Waals surface area (Å²) in [6, 6.07) is 19.1. The van der Waals surface area contributed by atoms with Crippen molar-refractivity contribution in [3.05, 3.63) is 94.9 Å². The Morgan fingerprint density at radius 2 is 1.76 bits per heavy atom. The first-order chi connectivity index (χ1) is 16.2. The number of aryl methyl sites for hydroxylation is 2. The van der Waals surface area contributed by atoms with Gasteiger partial charge in [0, 0.05) is 30.1 Å². The van der Waals surface area contributed by atoms with Crippen molar-refractivity contribution >= 4 is 22.7 Å². The first-order valence-corrected chi connectivity index (χ1v) is 11.6. The molecule has 8 heteroatoms. The van der Waals surface area contributed by atoms with Crippen molar-refractivity contribution in [3.63, 3.8) is 0 Å². The Balaban J connectivity index is 1.34. The Bertz CT molecular complexity index is 1450. The van der Waals surface area contributed by atoms with Crippen LogP contribution >= 0.6 is 11.8 Å². The summed E-state index contributed by atoms with van der Waals surface area (Å²) in [6.45, 7) is 2.03. The normalized spacial score (nSPS) is 11.2. The van der Waals surface area contributed by atoms with E-state index in [9.17, 15) is 4.79 Å². The van der Waals surface area contributed by atoms with Gasteiger partial charge in [-0.2, -0.15) is 4.98 Å². The number of pyridine rings is 1. The summed E-state index contributed by atoms with van der Waals surface area (Å²) in [5, 5.41) is 5.33. The number of para-hydroxylation sites is 1. The van der Waals surface area contributed by atoms with Crippen LogP contribution in [-0.4, -0.2) is 30.4 Å². The second kappa shape index (κ2) is 9.38. The average Bonchev–Trinajstić information content (AvgIpc) is 3.32. The van der Waals surface area contributed by atoms with E-state index in [0.717, 1.165) is 29.0 Å². The Labute approximate surface area is 194 Å². The summed E-state index contributed by atoms with van der Waals surface area (Å²) in [7, 11) is 0. The first-order valence-electron chi connectivity index (χ1n) is 10.6. The Morgan fingerprint density at radius 1 is 0.970 bits per heavy atom. The van der Waals surface area contributed by atoms with Crippen LogP contribution in [0, 0.1) is 6.92 Å². The minimum Gasteiger partial charge on any atom is -0.339 e. The molecule has 0 aliphatic carbocycles. The monoisotopic (exact) mass is 455 g/mol. The first kappa shape index (κ1) is 21.1. The van der Waals surface area contributed by atoms with E-state index in [-0.39, 0.29) is 5.56 Å². The summed E-state index contributed by atoms with van der Waals surface area (Å²) in [4.78, 5) is 26.6. The zero-order valence-corrected chi connectivity index (χ0v) is 18.8. The zero-order chi connectivity index (χ0) is 22.6. The van der Waals surface area contributed by atoms with Crippen molar-refractivity contribution in [3.8, 4) is 17.1 Å². The molecule has 5 aromatic rings. The molecule has 3 aromatic heterocycles. The van der Waals surface area contributed by atoms with Gasteiger partial charge >= 0.3 is 0 Å². The van der Waals surface area contributed by atoms with Gasteiger partial charge in [-0.05, 0) is 49.7 Å². The Morgan fingerprint density at radius 3 is 2.58 bits per heavy atom. The van der Waals surface area contributed by atoms with Crippen LogP contribution in [0.15, 0.2) is 87.5 Å². The predicted molar refractivity (Wildman–Crippen MR) is 129 cm³/mol. The smallest absolute Gasteiger partial charge is 0.266 e. The number of nitrogens with zero attached hydrogens (tertiary/aromatic N) is 5. The van der Waals surface area contributed by atoms with Crippen LogP contribution in [0.4, 0.5) is 0 Å². The van der Waals surface area contributed by atoms with E-state index in [1.807, 2.05) is 67.6 Å². The molecule has 0 aliphatic rings. The van der Waals surface area contributed by atoms with Gasteiger partial charge in [0.15, 0.2) is 5.16 Å². The minimum absolute atomic E-state index is 0.0640. The lowest BCUT2D eigenvalue weighted by Gasteiger charge is -2.13. The van der Waals surface area contributed by atoms with Crippen LogP contribution in [0.2, 0.25) is 0 Å². The second-order valence-corrected chi connectivity index (χ2v) is 8.65. The van der Waals surface area contributed by atoms with E-state index in [4.69, 9.17) is 9.51 Å². The van der Waals surface area contributed by atoms with Crippen LogP contribution in [0.5, 0.6) is 0 Å². The van der Waals surface area contributed by atoms with Gasteiger partial charge in [0.05, 0.1) is 16.6 Å². The molecule has 5 rings (SSSR count). The van der Waals surface area contributed by atoms with Crippen molar-refractivity contribution in [2.75, 3.05) is 5.75 Å². The topological polar surface area (TPSA) is 86.7 Å². The average molecular weight is 456 g/mol. The summed E-state index contributed by atoms with van der Waals surface area (Å²) in [5.74, 6) is 1.90. The van der Waals surface area contributed by atoms with Crippen LogP contribution in [0.1, 0.15) is 17.9 Å². The van der Waals surface area contributed by atoms with Gasteiger partial charge in [-0.25, -0.2) is 4.98 Å². The van der Waals surface area contributed by atoms with Crippen molar-refractivity contribution in [1.82, 2.24) is 24.7 Å². The number of hydrogen-bond acceptors (Lipinski definition) is 7. The van der Waals surface area contributed by atoms with Crippen molar-refractivity contribution in [2.45, 2.75) is 24.9 Å². The summed E-state index contributed by atoms with van der Waals surface area (Å²) in [6.07, 6.45) is 4.85. The van der Waals surface area contributed by atoms with E-state index in [1.54, 1.807) is 28.7 Å². The molecule has 0 fully saturated rings. The molecule has 0 amide bonds. The summed E-state index contributed by atoms with van der Waals surface area (Å²) < 4.78 is 7.09. The number of aromatic nitrogens is 5. The third kappa shape index (κ3) is 4.56. The quantitative estimate of drug-likeness (QED) is 0.197. The molecule has 0 spiro atoms. The highest BCUT2D eigenvalue weighted by Gasteiger charge is 2.14. The summed E-state index contributed by atoms with van der Waals surface area (Å²) >= 11 is 1.55. The molecule has 7 nitrogen and oxygen atoms in total. The molecule has 3 heterocycles. The molecule has 0 unspecified atom stereocenters. The van der Waals surface area contributed by atoms with Crippen LogP contribution in [-0.2, 0) is 6.42 Å². The predicted octanol–water partition coefficient (Wildman–Crippen LogP) is 4.86. The molecule has 0 saturated carbocycles. The lowest BCUT2D eigenvalue weighted by atomic mass is 10.2. The van der Waals surface area contributed by atoms with E-state index in [1.165, 1.54) is 0 Å². The van der Waals surface area contributed by atoms with Crippen LogP contribution < -0.4 is 5.56 Å². The number of benzene rings is 2.